The SMILES string of the molecule is Cc1cc2c3c4c1c1cc5oc6ccccc6c5cc1n4-c1cc4c(cc1B3N(c1ccc(C(C)(C)C)cc1)c1cc3c(cc1-2)sc1cc2c(cc13)C(C)(C)CCC2(C)C)C(C)(C)c1ccccc1-4. The maximum Gasteiger partial charge on any atom is 0.333 e. The zero-order chi connectivity index (χ0) is 47.0. The van der Waals surface area contributed by atoms with Gasteiger partial charge in [-0.15, -0.1) is 11.3 Å². The highest BCUT2D eigenvalue weighted by molar-refractivity contribution is 7.25. The van der Waals surface area contributed by atoms with Crippen molar-refractivity contribution in [3.63, 3.8) is 0 Å². The first-order valence-electron chi connectivity index (χ1n) is 25.1. The smallest absolute Gasteiger partial charge is 0.333 e. The zero-order valence-corrected chi connectivity index (χ0v) is 42.1. The molecule has 0 atom stereocenters. The Balaban J connectivity index is 1.11. The number of benzene rings is 8. The van der Waals surface area contributed by atoms with Crippen LogP contribution in [0.15, 0.2) is 132 Å². The fraction of sp³-hybridized carbons (Fsp3) is 0.250. The normalized spacial score (nSPS) is 17.0. The van der Waals surface area contributed by atoms with Crippen molar-refractivity contribution in [3.05, 3.63) is 161 Å². The summed E-state index contributed by atoms with van der Waals surface area (Å²) in [5.74, 6) is 0. The Morgan fingerprint density at radius 1 is 0.565 bits per heavy atom. The van der Waals surface area contributed by atoms with Crippen LogP contribution in [0.1, 0.15) is 109 Å². The van der Waals surface area contributed by atoms with Gasteiger partial charge in [-0.2, -0.15) is 0 Å². The van der Waals surface area contributed by atoms with Gasteiger partial charge in [0.15, 0.2) is 0 Å². The van der Waals surface area contributed by atoms with Crippen molar-refractivity contribution in [1.29, 1.82) is 0 Å². The summed E-state index contributed by atoms with van der Waals surface area (Å²) >= 11 is 1.98. The van der Waals surface area contributed by atoms with Gasteiger partial charge in [0.25, 0.3) is 0 Å². The fourth-order valence-corrected chi connectivity index (χ4v) is 15.0. The second-order valence-electron chi connectivity index (χ2n) is 24.0. The predicted molar refractivity (Wildman–Crippen MR) is 296 cm³/mol. The van der Waals surface area contributed by atoms with E-state index in [2.05, 4.69) is 206 Å². The van der Waals surface area contributed by atoms with Crippen molar-refractivity contribution < 1.29 is 4.42 Å². The predicted octanol–water partition coefficient (Wildman–Crippen LogP) is 16.6. The highest BCUT2D eigenvalue weighted by Gasteiger charge is 2.47. The summed E-state index contributed by atoms with van der Waals surface area (Å²) in [5.41, 5.74) is 24.9. The Morgan fingerprint density at radius 3 is 2.06 bits per heavy atom. The number of nitrogens with zero attached hydrogens (tertiary/aromatic N) is 2. The van der Waals surface area contributed by atoms with Crippen molar-refractivity contribution in [1.82, 2.24) is 4.57 Å². The summed E-state index contributed by atoms with van der Waals surface area (Å²) in [6.07, 6.45) is 2.41. The monoisotopic (exact) mass is 910 g/mol. The molecule has 0 amide bonds. The fourth-order valence-electron chi connectivity index (χ4n) is 13.8. The Bertz CT molecular complexity index is 4170. The number of para-hydroxylation sites is 1. The molecule has 3 nitrogen and oxygen atoms in total. The third-order valence-electron chi connectivity index (χ3n) is 17.7. The number of aromatic nitrogens is 1. The van der Waals surface area contributed by atoms with Gasteiger partial charge >= 0.3 is 6.85 Å². The molecular weight excluding hydrogens is 856 g/mol. The third kappa shape index (κ3) is 5.09. The van der Waals surface area contributed by atoms with Crippen molar-refractivity contribution in [2.45, 2.75) is 104 Å². The lowest BCUT2D eigenvalue weighted by molar-refractivity contribution is 0.332. The first-order chi connectivity index (χ1) is 33.0. The number of furan rings is 1. The molecule has 5 heteroatoms. The van der Waals surface area contributed by atoms with Crippen LogP contribution in [0.4, 0.5) is 11.4 Å². The summed E-state index contributed by atoms with van der Waals surface area (Å²) in [4.78, 5) is 2.74. The maximum atomic E-state index is 6.67. The molecule has 69 heavy (non-hydrogen) atoms. The molecule has 0 spiro atoms. The molecule has 11 aromatic rings. The highest BCUT2D eigenvalue weighted by atomic mass is 32.1. The lowest BCUT2D eigenvalue weighted by Crippen LogP contribution is -2.60. The van der Waals surface area contributed by atoms with Gasteiger partial charge in [-0.05, 0) is 158 Å². The molecule has 0 saturated heterocycles. The van der Waals surface area contributed by atoms with E-state index in [9.17, 15) is 0 Å². The molecule has 0 saturated carbocycles. The van der Waals surface area contributed by atoms with Gasteiger partial charge in [-0.3, -0.25) is 0 Å². The van der Waals surface area contributed by atoms with Crippen LogP contribution in [0.5, 0.6) is 0 Å². The minimum absolute atomic E-state index is 0.0297. The van der Waals surface area contributed by atoms with E-state index in [1.54, 1.807) is 0 Å². The van der Waals surface area contributed by atoms with E-state index in [-0.39, 0.29) is 28.5 Å². The Morgan fingerprint density at radius 2 is 1.28 bits per heavy atom. The topological polar surface area (TPSA) is 21.3 Å². The van der Waals surface area contributed by atoms with Crippen molar-refractivity contribution in [2.24, 2.45) is 0 Å². The Kier molecular flexibility index (Phi) is 7.48. The number of fused-ring (bicyclic) bond motifs is 18. The van der Waals surface area contributed by atoms with Gasteiger partial charge in [0, 0.05) is 69.8 Å². The average molecular weight is 911 g/mol. The molecular formula is C64H55BN2OS. The number of hydrogen-bond acceptors (Lipinski definition) is 3. The minimum Gasteiger partial charge on any atom is -0.456 e. The van der Waals surface area contributed by atoms with Crippen LogP contribution in [-0.4, -0.2) is 11.4 Å². The van der Waals surface area contributed by atoms with E-state index >= 15 is 0 Å². The van der Waals surface area contributed by atoms with E-state index < -0.39 is 0 Å². The van der Waals surface area contributed by atoms with Crippen LogP contribution in [0.3, 0.4) is 0 Å². The largest absolute Gasteiger partial charge is 0.456 e. The maximum absolute atomic E-state index is 6.67. The van der Waals surface area contributed by atoms with E-state index in [4.69, 9.17) is 4.42 Å². The number of thiophene rings is 1. The molecule has 0 fully saturated rings. The van der Waals surface area contributed by atoms with Crippen LogP contribution in [0, 0.1) is 6.92 Å². The van der Waals surface area contributed by atoms with Gasteiger partial charge in [0.2, 0.25) is 0 Å². The summed E-state index contributed by atoms with van der Waals surface area (Å²) in [6, 6.07) is 50.1. The highest BCUT2D eigenvalue weighted by Crippen LogP contribution is 2.55. The molecule has 0 unspecified atom stereocenters. The van der Waals surface area contributed by atoms with E-state index in [0.717, 1.165) is 21.9 Å². The van der Waals surface area contributed by atoms with Gasteiger partial charge < -0.3 is 13.8 Å². The minimum atomic E-state index is -0.164. The molecule has 0 N–H and O–H groups in total. The molecule has 336 valence electrons. The van der Waals surface area contributed by atoms with Crippen molar-refractivity contribution in [3.8, 4) is 27.9 Å². The standard InChI is InChI=1S/C64H55BN2OS/c1-34-25-44-40-31-56-43(42-26-48-49(33-57(42)69-56)63(7,8)24-23-62(48,5)6)29-52(40)67(36-21-19-35(20-22-36)61(2,3)4)65-50-32-47-39(37-15-11-13-17-46(37)64(47,9)10)27-53(50)66-51-28-41-38-16-12-14-18-54(38)68-55(41)30-45(51)58(34)60(66)59(44)65/h11-22,25-33H,23-24H2,1-10H3. The molecule has 8 aromatic carbocycles. The van der Waals surface area contributed by atoms with Gasteiger partial charge in [0.05, 0.1) is 11.0 Å². The molecule has 0 radical (unpaired) electrons. The second-order valence-corrected chi connectivity index (χ2v) is 25.1. The Labute approximate surface area is 408 Å². The van der Waals surface area contributed by atoms with Crippen LogP contribution < -0.4 is 15.7 Å². The van der Waals surface area contributed by atoms with Gasteiger partial charge in [-0.25, -0.2) is 0 Å². The van der Waals surface area contributed by atoms with Gasteiger partial charge in [0.1, 0.15) is 11.2 Å². The Hall–Kier alpha value is -6.56. The summed E-state index contributed by atoms with van der Waals surface area (Å²) < 4.78 is 12.1. The lowest BCUT2D eigenvalue weighted by Gasteiger charge is -2.43. The third-order valence-corrected chi connectivity index (χ3v) is 18.8. The zero-order valence-electron chi connectivity index (χ0n) is 41.3. The number of hydrogen-bond donors (Lipinski definition) is 0. The van der Waals surface area contributed by atoms with Gasteiger partial charge in [-0.1, -0.05) is 129 Å². The quantitative estimate of drug-likeness (QED) is 0.153. The molecule has 2 aliphatic carbocycles. The number of aryl methyl sites for hydroxylation is 1. The van der Waals surface area contributed by atoms with E-state index in [0.29, 0.717) is 0 Å². The molecule has 0 bridgehead atoms. The number of rotatable bonds is 1. The molecule has 15 rings (SSSR count). The first kappa shape index (κ1) is 40.3. The van der Waals surface area contributed by atoms with Crippen molar-refractivity contribution >= 4 is 104 Å². The van der Waals surface area contributed by atoms with E-state index in [1.165, 1.54) is 138 Å². The first-order valence-corrected chi connectivity index (χ1v) is 26.0. The lowest BCUT2D eigenvalue weighted by atomic mass is 9.43. The van der Waals surface area contributed by atoms with Crippen LogP contribution >= 0.6 is 11.3 Å². The molecule has 2 aliphatic heterocycles. The average Bonchev–Trinajstić information content (AvgIpc) is 4.04. The number of anilines is 2. The second kappa shape index (κ2) is 12.8. The molecule has 4 aliphatic rings. The van der Waals surface area contributed by atoms with E-state index in [1.807, 2.05) is 11.3 Å². The molecule has 5 heterocycles. The molecule has 3 aromatic heterocycles. The van der Waals surface area contributed by atoms with Crippen LogP contribution in [0.2, 0.25) is 0 Å². The van der Waals surface area contributed by atoms with Crippen LogP contribution in [0.25, 0.3) is 91.9 Å². The summed E-state index contributed by atoms with van der Waals surface area (Å²) in [5, 5.41) is 7.62. The van der Waals surface area contributed by atoms with Crippen LogP contribution in [-0.2, 0) is 21.7 Å². The van der Waals surface area contributed by atoms with Crippen molar-refractivity contribution in [2.75, 3.05) is 4.81 Å². The summed E-state index contributed by atoms with van der Waals surface area (Å²) in [6.45, 7) is 23.9. The summed E-state index contributed by atoms with van der Waals surface area (Å²) in [7, 11) is 0.